The number of carbonyl (C=O) groups excluding carboxylic acids is 2. The predicted molar refractivity (Wildman–Crippen MR) is 131 cm³/mol. The van der Waals surface area contributed by atoms with Crippen LogP contribution in [-0.4, -0.2) is 35.4 Å². The molecule has 3 rings (SSSR count). The van der Waals surface area contributed by atoms with Crippen molar-refractivity contribution in [2.45, 2.75) is 64.1 Å². The number of hydrogen-bond acceptors (Lipinski definition) is 3. The summed E-state index contributed by atoms with van der Waals surface area (Å²) in [4.78, 5) is 27.7. The number of amides is 2. The molecule has 0 spiro atoms. The number of rotatable bonds is 10. The molecule has 1 unspecified atom stereocenters. The monoisotopic (exact) mass is 520 g/mol. The van der Waals surface area contributed by atoms with Gasteiger partial charge in [0.25, 0.3) is 0 Å². The van der Waals surface area contributed by atoms with Gasteiger partial charge in [-0.3, -0.25) is 9.59 Å². The molecule has 0 bridgehead atoms. The standard InChI is InChI=1S/C25H30BrClN2O3/c1-18(25(31)28-22-8-2-3-9-22)29(17-19-6-4-7-20(26)16-19)24(30)10-5-15-32-23-13-11-21(27)12-14-23/h4,6-7,11-14,16,18,22H,2-3,5,8-10,15,17H2,1H3,(H,28,31). The van der Waals surface area contributed by atoms with Gasteiger partial charge in [-0.1, -0.05) is 52.5 Å². The second-order valence-electron chi connectivity index (χ2n) is 8.22. The van der Waals surface area contributed by atoms with Crippen LogP contribution in [0.25, 0.3) is 0 Å². The van der Waals surface area contributed by atoms with Gasteiger partial charge in [0, 0.05) is 28.5 Å². The Hall–Kier alpha value is -2.05. The number of nitrogens with one attached hydrogen (secondary N) is 1. The smallest absolute Gasteiger partial charge is 0.242 e. The molecule has 1 aliphatic carbocycles. The van der Waals surface area contributed by atoms with Crippen molar-refractivity contribution in [3.63, 3.8) is 0 Å². The third-order valence-corrected chi connectivity index (χ3v) is 6.47. The van der Waals surface area contributed by atoms with Crippen LogP contribution in [0.5, 0.6) is 5.75 Å². The first-order valence-corrected chi connectivity index (χ1v) is 12.3. The van der Waals surface area contributed by atoms with E-state index in [9.17, 15) is 9.59 Å². The molecular formula is C25H30BrClN2O3. The summed E-state index contributed by atoms with van der Waals surface area (Å²) in [5, 5.41) is 3.78. The van der Waals surface area contributed by atoms with Crippen LogP contribution < -0.4 is 10.1 Å². The van der Waals surface area contributed by atoms with Crippen LogP contribution in [0.15, 0.2) is 53.0 Å². The predicted octanol–water partition coefficient (Wildman–Crippen LogP) is 5.74. The first kappa shape index (κ1) is 24.6. The fraction of sp³-hybridized carbons (Fsp3) is 0.440. The van der Waals surface area contributed by atoms with Gasteiger partial charge in [0.15, 0.2) is 0 Å². The summed E-state index contributed by atoms with van der Waals surface area (Å²) in [5.41, 5.74) is 0.977. The Labute approximate surface area is 203 Å². The van der Waals surface area contributed by atoms with E-state index in [2.05, 4.69) is 21.2 Å². The highest BCUT2D eigenvalue weighted by Crippen LogP contribution is 2.20. The Morgan fingerprint density at radius 1 is 1.19 bits per heavy atom. The molecule has 1 saturated carbocycles. The summed E-state index contributed by atoms with van der Waals surface area (Å²) in [5.74, 6) is 0.577. The Kier molecular flexibility index (Phi) is 9.42. The second kappa shape index (κ2) is 12.3. The minimum atomic E-state index is -0.542. The quantitative estimate of drug-likeness (QED) is 0.406. The highest BCUT2D eigenvalue weighted by atomic mass is 79.9. The molecule has 0 aromatic heterocycles. The van der Waals surface area contributed by atoms with Gasteiger partial charge < -0.3 is 15.0 Å². The van der Waals surface area contributed by atoms with Crippen LogP contribution in [0.2, 0.25) is 5.02 Å². The van der Waals surface area contributed by atoms with Crippen LogP contribution >= 0.6 is 27.5 Å². The summed E-state index contributed by atoms with van der Waals surface area (Å²) in [6.07, 6.45) is 5.19. The molecule has 5 nitrogen and oxygen atoms in total. The lowest BCUT2D eigenvalue weighted by atomic mass is 10.1. The summed E-state index contributed by atoms with van der Waals surface area (Å²) in [6.45, 7) is 2.61. The van der Waals surface area contributed by atoms with E-state index >= 15 is 0 Å². The van der Waals surface area contributed by atoms with Crippen molar-refractivity contribution in [2.24, 2.45) is 0 Å². The maximum absolute atomic E-state index is 13.1. The molecule has 2 amide bonds. The van der Waals surface area contributed by atoms with Crippen molar-refractivity contribution in [1.82, 2.24) is 10.2 Å². The van der Waals surface area contributed by atoms with Gasteiger partial charge in [-0.25, -0.2) is 0 Å². The van der Waals surface area contributed by atoms with Gasteiger partial charge in [-0.05, 0) is 68.1 Å². The third kappa shape index (κ3) is 7.52. The van der Waals surface area contributed by atoms with Gasteiger partial charge in [-0.2, -0.15) is 0 Å². The van der Waals surface area contributed by atoms with Crippen molar-refractivity contribution >= 4 is 39.3 Å². The first-order chi connectivity index (χ1) is 15.4. The zero-order valence-electron chi connectivity index (χ0n) is 18.4. The molecule has 0 saturated heterocycles. The van der Waals surface area contributed by atoms with Crippen molar-refractivity contribution in [3.8, 4) is 5.75 Å². The number of carbonyl (C=O) groups is 2. The molecular weight excluding hydrogens is 492 g/mol. The average molecular weight is 522 g/mol. The van der Waals surface area contributed by atoms with Gasteiger partial charge >= 0.3 is 0 Å². The third-order valence-electron chi connectivity index (χ3n) is 5.73. The summed E-state index contributed by atoms with van der Waals surface area (Å²) in [6, 6.07) is 14.7. The molecule has 2 aromatic rings. The number of ether oxygens (including phenoxy) is 1. The minimum Gasteiger partial charge on any atom is -0.494 e. The highest BCUT2D eigenvalue weighted by molar-refractivity contribution is 9.10. The van der Waals surface area contributed by atoms with E-state index in [1.54, 1.807) is 29.2 Å². The lowest BCUT2D eigenvalue weighted by molar-refractivity contribution is -0.141. The Bertz CT molecular complexity index is 900. The molecule has 0 radical (unpaired) electrons. The number of hydrogen-bond donors (Lipinski definition) is 1. The van der Waals surface area contributed by atoms with Crippen LogP contribution in [0, 0.1) is 0 Å². The molecule has 7 heteroatoms. The number of benzene rings is 2. The topological polar surface area (TPSA) is 58.6 Å². The molecule has 1 N–H and O–H groups in total. The van der Waals surface area contributed by atoms with Crippen LogP contribution in [0.3, 0.4) is 0 Å². The van der Waals surface area contributed by atoms with E-state index in [4.69, 9.17) is 16.3 Å². The molecule has 1 aliphatic rings. The van der Waals surface area contributed by atoms with Gasteiger partial charge in [0.1, 0.15) is 11.8 Å². The van der Waals surface area contributed by atoms with E-state index in [0.717, 1.165) is 41.5 Å². The van der Waals surface area contributed by atoms with Crippen molar-refractivity contribution in [1.29, 1.82) is 0 Å². The van der Waals surface area contributed by atoms with Crippen LogP contribution in [0.1, 0.15) is 51.0 Å². The molecule has 0 heterocycles. The molecule has 172 valence electrons. The SMILES string of the molecule is CC(C(=O)NC1CCCC1)N(Cc1cccc(Br)c1)C(=O)CCCOc1ccc(Cl)cc1. The van der Waals surface area contributed by atoms with E-state index in [-0.39, 0.29) is 17.9 Å². The fourth-order valence-corrected chi connectivity index (χ4v) is 4.47. The van der Waals surface area contributed by atoms with Gasteiger partial charge in [-0.15, -0.1) is 0 Å². The lowest BCUT2D eigenvalue weighted by Crippen LogP contribution is -2.49. The van der Waals surface area contributed by atoms with Crippen molar-refractivity contribution in [3.05, 3.63) is 63.6 Å². The summed E-state index contributed by atoms with van der Waals surface area (Å²) in [7, 11) is 0. The molecule has 0 aliphatic heterocycles. The first-order valence-electron chi connectivity index (χ1n) is 11.1. The van der Waals surface area contributed by atoms with E-state index in [1.165, 1.54) is 0 Å². The van der Waals surface area contributed by atoms with Crippen LogP contribution in [-0.2, 0) is 16.1 Å². The van der Waals surface area contributed by atoms with Crippen LogP contribution in [0.4, 0.5) is 0 Å². The molecule has 2 aromatic carbocycles. The second-order valence-corrected chi connectivity index (χ2v) is 9.58. The maximum Gasteiger partial charge on any atom is 0.242 e. The van der Waals surface area contributed by atoms with E-state index < -0.39 is 6.04 Å². The Morgan fingerprint density at radius 3 is 2.59 bits per heavy atom. The largest absolute Gasteiger partial charge is 0.494 e. The zero-order valence-corrected chi connectivity index (χ0v) is 20.7. The number of nitrogens with zero attached hydrogens (tertiary/aromatic N) is 1. The van der Waals surface area contributed by atoms with E-state index in [1.807, 2.05) is 31.2 Å². The summed E-state index contributed by atoms with van der Waals surface area (Å²) >= 11 is 9.38. The van der Waals surface area contributed by atoms with E-state index in [0.29, 0.717) is 31.0 Å². The molecule has 32 heavy (non-hydrogen) atoms. The zero-order chi connectivity index (χ0) is 22.9. The van der Waals surface area contributed by atoms with Crippen molar-refractivity contribution in [2.75, 3.05) is 6.61 Å². The van der Waals surface area contributed by atoms with Gasteiger partial charge in [0.05, 0.1) is 6.61 Å². The molecule has 1 fully saturated rings. The maximum atomic E-state index is 13.1. The Morgan fingerprint density at radius 2 is 1.91 bits per heavy atom. The summed E-state index contributed by atoms with van der Waals surface area (Å²) < 4.78 is 6.65. The van der Waals surface area contributed by atoms with Gasteiger partial charge in [0.2, 0.25) is 11.8 Å². The fourth-order valence-electron chi connectivity index (χ4n) is 3.89. The normalized spacial score (nSPS) is 14.7. The van der Waals surface area contributed by atoms with Crippen molar-refractivity contribution < 1.29 is 14.3 Å². The highest BCUT2D eigenvalue weighted by Gasteiger charge is 2.28. The molecule has 1 atom stereocenters. The lowest BCUT2D eigenvalue weighted by Gasteiger charge is -2.30. The Balaban J connectivity index is 1.59. The number of halogens is 2. The average Bonchev–Trinajstić information content (AvgIpc) is 3.28. The minimum absolute atomic E-state index is 0.0567.